The molecule has 0 saturated carbocycles. The minimum atomic E-state index is -1.02. The van der Waals surface area contributed by atoms with Crippen molar-refractivity contribution in [2.45, 2.75) is 18.9 Å². The van der Waals surface area contributed by atoms with Gasteiger partial charge in [0, 0.05) is 18.2 Å². The van der Waals surface area contributed by atoms with E-state index in [1.165, 1.54) is 6.08 Å². The van der Waals surface area contributed by atoms with E-state index in [1.807, 2.05) is 6.92 Å². The van der Waals surface area contributed by atoms with Gasteiger partial charge in [-0.1, -0.05) is 12.1 Å². The van der Waals surface area contributed by atoms with Gasteiger partial charge < -0.3 is 15.2 Å². The molecule has 20 heavy (non-hydrogen) atoms. The van der Waals surface area contributed by atoms with Crippen LogP contribution in [-0.2, 0) is 9.53 Å². The first-order valence-electron chi connectivity index (χ1n) is 6.40. The molecule has 1 saturated heterocycles. The fourth-order valence-electron chi connectivity index (χ4n) is 2.06. The predicted molar refractivity (Wildman–Crippen MR) is 74.4 cm³/mol. The monoisotopic (exact) mass is 275 g/mol. The highest BCUT2D eigenvalue weighted by Gasteiger charge is 2.31. The van der Waals surface area contributed by atoms with Crippen molar-refractivity contribution in [2.24, 2.45) is 0 Å². The third-order valence-corrected chi connectivity index (χ3v) is 3.20. The minimum Gasteiger partial charge on any atom is -0.478 e. The molecule has 1 aliphatic heterocycles. The maximum absolute atomic E-state index is 12.2. The zero-order valence-electron chi connectivity index (χ0n) is 11.3. The number of carboxylic acids is 1. The van der Waals surface area contributed by atoms with Crippen LogP contribution in [0, 0.1) is 0 Å². The number of hydrogen-bond donors (Lipinski definition) is 2. The average Bonchev–Trinajstić information content (AvgIpc) is 2.83. The molecule has 1 heterocycles. The van der Waals surface area contributed by atoms with Gasteiger partial charge in [-0.15, -0.1) is 0 Å². The van der Waals surface area contributed by atoms with Gasteiger partial charge >= 0.3 is 5.97 Å². The Hall–Kier alpha value is -2.14. The lowest BCUT2D eigenvalue weighted by Gasteiger charge is -2.23. The fourth-order valence-corrected chi connectivity index (χ4v) is 2.06. The van der Waals surface area contributed by atoms with Crippen molar-refractivity contribution < 1.29 is 19.4 Å². The normalized spacial score (nSPS) is 22.1. The van der Waals surface area contributed by atoms with Gasteiger partial charge in [-0.05, 0) is 37.1 Å². The molecule has 1 unspecified atom stereocenters. The summed E-state index contributed by atoms with van der Waals surface area (Å²) in [4.78, 5) is 22.7. The van der Waals surface area contributed by atoms with Crippen LogP contribution in [0.1, 0.15) is 29.3 Å². The summed E-state index contributed by atoms with van der Waals surface area (Å²) >= 11 is 0. The van der Waals surface area contributed by atoms with Crippen LogP contribution in [0.3, 0.4) is 0 Å². The van der Waals surface area contributed by atoms with Crippen LogP contribution >= 0.6 is 0 Å². The Morgan fingerprint density at radius 1 is 1.45 bits per heavy atom. The van der Waals surface area contributed by atoms with E-state index in [2.05, 4.69) is 5.32 Å². The van der Waals surface area contributed by atoms with Crippen molar-refractivity contribution in [3.63, 3.8) is 0 Å². The van der Waals surface area contributed by atoms with Gasteiger partial charge in [-0.25, -0.2) is 4.79 Å². The van der Waals surface area contributed by atoms with Crippen molar-refractivity contribution in [1.82, 2.24) is 5.32 Å². The summed E-state index contributed by atoms with van der Waals surface area (Å²) in [7, 11) is 0. The lowest BCUT2D eigenvalue weighted by molar-refractivity contribution is -0.131. The smallest absolute Gasteiger partial charge is 0.328 e. The molecule has 2 rings (SSSR count). The molecule has 5 nitrogen and oxygen atoms in total. The first kappa shape index (κ1) is 14.3. The van der Waals surface area contributed by atoms with Crippen molar-refractivity contribution in [2.75, 3.05) is 13.2 Å². The largest absolute Gasteiger partial charge is 0.478 e. The number of carbonyl (C=O) groups is 2. The van der Waals surface area contributed by atoms with E-state index >= 15 is 0 Å². The number of carboxylic acid groups (broad SMARTS) is 1. The molecule has 0 radical (unpaired) electrons. The highest BCUT2D eigenvalue weighted by Crippen LogP contribution is 2.18. The Kier molecular flexibility index (Phi) is 4.20. The lowest BCUT2D eigenvalue weighted by Crippen LogP contribution is -2.46. The SMILES string of the molecule is CC1(NC(=O)c2cccc(/C=C/C(=O)O)c2)CCOC1. The van der Waals surface area contributed by atoms with E-state index in [0.29, 0.717) is 24.3 Å². The Morgan fingerprint density at radius 2 is 2.25 bits per heavy atom. The maximum atomic E-state index is 12.2. The number of benzene rings is 1. The van der Waals surface area contributed by atoms with Gasteiger partial charge in [0.05, 0.1) is 12.1 Å². The molecular weight excluding hydrogens is 258 g/mol. The van der Waals surface area contributed by atoms with Crippen LogP contribution in [-0.4, -0.2) is 35.7 Å². The second kappa shape index (κ2) is 5.88. The Balaban J connectivity index is 2.10. The van der Waals surface area contributed by atoms with Crippen LogP contribution in [0.2, 0.25) is 0 Å². The molecule has 106 valence electrons. The molecule has 1 aromatic carbocycles. The van der Waals surface area contributed by atoms with E-state index in [4.69, 9.17) is 9.84 Å². The van der Waals surface area contributed by atoms with Gasteiger partial charge in [-0.3, -0.25) is 4.79 Å². The number of hydrogen-bond acceptors (Lipinski definition) is 3. The van der Waals surface area contributed by atoms with Crippen LogP contribution in [0.4, 0.5) is 0 Å². The number of carbonyl (C=O) groups excluding carboxylic acids is 1. The molecule has 2 N–H and O–H groups in total. The number of amides is 1. The number of ether oxygens (including phenoxy) is 1. The molecule has 1 atom stereocenters. The van der Waals surface area contributed by atoms with E-state index in [1.54, 1.807) is 24.3 Å². The first-order chi connectivity index (χ1) is 9.48. The minimum absolute atomic E-state index is 0.177. The van der Waals surface area contributed by atoms with Crippen molar-refractivity contribution in [3.05, 3.63) is 41.5 Å². The van der Waals surface area contributed by atoms with Crippen molar-refractivity contribution in [3.8, 4) is 0 Å². The quantitative estimate of drug-likeness (QED) is 0.820. The van der Waals surface area contributed by atoms with Crippen molar-refractivity contribution >= 4 is 18.0 Å². The maximum Gasteiger partial charge on any atom is 0.328 e. The topological polar surface area (TPSA) is 75.6 Å². The zero-order chi connectivity index (χ0) is 14.6. The summed E-state index contributed by atoms with van der Waals surface area (Å²) in [5.41, 5.74) is 0.850. The van der Waals surface area contributed by atoms with E-state index < -0.39 is 5.97 Å². The molecule has 1 aliphatic rings. The summed E-state index contributed by atoms with van der Waals surface area (Å²) in [6, 6.07) is 6.83. The Labute approximate surface area is 117 Å². The molecule has 5 heteroatoms. The highest BCUT2D eigenvalue weighted by atomic mass is 16.5. The second-order valence-electron chi connectivity index (χ2n) is 5.11. The van der Waals surface area contributed by atoms with E-state index in [9.17, 15) is 9.59 Å². The third-order valence-electron chi connectivity index (χ3n) is 3.20. The van der Waals surface area contributed by atoms with Gasteiger partial charge in [-0.2, -0.15) is 0 Å². The molecule has 1 amide bonds. The molecule has 0 aromatic heterocycles. The molecular formula is C15H17NO4. The lowest BCUT2D eigenvalue weighted by atomic mass is 10.0. The highest BCUT2D eigenvalue weighted by molar-refractivity contribution is 5.95. The van der Waals surface area contributed by atoms with Crippen LogP contribution < -0.4 is 5.32 Å². The average molecular weight is 275 g/mol. The Morgan fingerprint density at radius 3 is 2.90 bits per heavy atom. The van der Waals surface area contributed by atoms with Gasteiger partial charge in [0.25, 0.3) is 5.91 Å². The second-order valence-corrected chi connectivity index (χ2v) is 5.11. The number of aliphatic carboxylic acids is 1. The summed E-state index contributed by atoms with van der Waals surface area (Å²) < 4.78 is 5.29. The summed E-state index contributed by atoms with van der Waals surface area (Å²) in [5.74, 6) is -1.20. The van der Waals surface area contributed by atoms with Crippen LogP contribution in [0.5, 0.6) is 0 Å². The first-order valence-corrected chi connectivity index (χ1v) is 6.40. The van der Waals surface area contributed by atoms with Crippen LogP contribution in [0.15, 0.2) is 30.3 Å². The Bertz CT molecular complexity index is 545. The van der Waals surface area contributed by atoms with Crippen molar-refractivity contribution in [1.29, 1.82) is 0 Å². The van der Waals surface area contributed by atoms with Gasteiger partial charge in [0.2, 0.25) is 0 Å². The predicted octanol–water partition coefficient (Wildman–Crippen LogP) is 1.69. The summed E-state index contributed by atoms with van der Waals surface area (Å²) in [5, 5.41) is 11.6. The van der Waals surface area contributed by atoms with E-state index in [-0.39, 0.29) is 11.4 Å². The molecule has 0 spiro atoms. The molecule has 0 bridgehead atoms. The summed E-state index contributed by atoms with van der Waals surface area (Å²) in [6.07, 6.45) is 3.29. The number of nitrogens with one attached hydrogen (secondary N) is 1. The van der Waals surface area contributed by atoms with Gasteiger partial charge in [0.1, 0.15) is 0 Å². The fraction of sp³-hybridized carbons (Fsp3) is 0.333. The van der Waals surface area contributed by atoms with E-state index in [0.717, 1.165) is 12.5 Å². The zero-order valence-corrected chi connectivity index (χ0v) is 11.3. The third kappa shape index (κ3) is 3.68. The molecule has 0 aliphatic carbocycles. The van der Waals surface area contributed by atoms with Gasteiger partial charge in [0.15, 0.2) is 0 Å². The standard InChI is InChI=1S/C15H17NO4/c1-15(7-8-20-10-15)16-14(19)12-4-2-3-11(9-12)5-6-13(17)18/h2-6,9H,7-8,10H2,1H3,(H,16,19)(H,17,18)/b6-5+. The van der Waals surface area contributed by atoms with Crippen LogP contribution in [0.25, 0.3) is 6.08 Å². The molecule has 1 aromatic rings. The summed E-state index contributed by atoms with van der Waals surface area (Å²) in [6.45, 7) is 3.11. The molecule has 1 fully saturated rings. The number of rotatable bonds is 4.